The van der Waals surface area contributed by atoms with Crippen LogP contribution in [-0.2, 0) is 18.4 Å². The third kappa shape index (κ3) is 3.47. The Kier molecular flexibility index (Phi) is 4.64. The van der Waals surface area contributed by atoms with Crippen LogP contribution in [0.3, 0.4) is 0 Å². The van der Waals surface area contributed by atoms with E-state index in [0.29, 0.717) is 30.5 Å². The molecule has 3 rings (SSSR count). The van der Waals surface area contributed by atoms with E-state index in [1.807, 2.05) is 24.2 Å². The zero-order valence-corrected chi connectivity index (χ0v) is 13.9. The standard InChI is InChI=1S/C16H21N5O3/c1-11(22)21-8-5-12(6-9-21)15-18-14(24-19-15)10-17-16(23)13-4-3-7-20(13)2/h3-4,7,12H,5-6,8-10H2,1-2H3,(H,17,23). The van der Waals surface area contributed by atoms with Crippen LogP contribution in [0.5, 0.6) is 0 Å². The quantitative estimate of drug-likeness (QED) is 0.904. The van der Waals surface area contributed by atoms with Crippen molar-refractivity contribution >= 4 is 11.8 Å². The summed E-state index contributed by atoms with van der Waals surface area (Å²) in [7, 11) is 1.81. The largest absolute Gasteiger partial charge is 0.347 e. The molecule has 2 aromatic rings. The van der Waals surface area contributed by atoms with Gasteiger partial charge in [-0.1, -0.05) is 5.16 Å². The molecule has 8 nitrogen and oxygen atoms in total. The summed E-state index contributed by atoms with van der Waals surface area (Å²) in [6, 6.07) is 3.56. The van der Waals surface area contributed by atoms with Gasteiger partial charge in [-0.15, -0.1) is 0 Å². The Bertz CT molecular complexity index is 728. The van der Waals surface area contributed by atoms with Crippen LogP contribution in [0.25, 0.3) is 0 Å². The molecule has 0 saturated carbocycles. The fourth-order valence-electron chi connectivity index (χ4n) is 2.90. The number of hydrogen-bond acceptors (Lipinski definition) is 5. The van der Waals surface area contributed by atoms with Crippen molar-refractivity contribution in [2.75, 3.05) is 13.1 Å². The number of carbonyl (C=O) groups excluding carboxylic acids is 2. The molecule has 0 atom stereocenters. The number of carbonyl (C=O) groups is 2. The number of hydrogen-bond donors (Lipinski definition) is 1. The molecule has 1 N–H and O–H groups in total. The van der Waals surface area contributed by atoms with Gasteiger partial charge in [-0.25, -0.2) is 0 Å². The van der Waals surface area contributed by atoms with E-state index in [1.165, 1.54) is 0 Å². The zero-order valence-electron chi connectivity index (χ0n) is 13.9. The van der Waals surface area contributed by atoms with Crippen LogP contribution in [0.1, 0.15) is 47.9 Å². The van der Waals surface area contributed by atoms with Crippen molar-refractivity contribution in [3.63, 3.8) is 0 Å². The van der Waals surface area contributed by atoms with Crippen LogP contribution in [-0.4, -0.2) is 44.5 Å². The summed E-state index contributed by atoms with van der Waals surface area (Å²) in [6.45, 7) is 3.22. The number of aromatic nitrogens is 3. The minimum Gasteiger partial charge on any atom is -0.347 e. The molecule has 0 radical (unpaired) electrons. The van der Waals surface area contributed by atoms with E-state index in [0.717, 1.165) is 12.8 Å². The average molecular weight is 331 g/mol. The van der Waals surface area contributed by atoms with Crippen molar-refractivity contribution in [2.24, 2.45) is 7.05 Å². The van der Waals surface area contributed by atoms with Crippen molar-refractivity contribution < 1.29 is 14.1 Å². The third-order valence-electron chi connectivity index (χ3n) is 4.37. The van der Waals surface area contributed by atoms with E-state index >= 15 is 0 Å². The highest BCUT2D eigenvalue weighted by molar-refractivity contribution is 5.92. The molecule has 1 saturated heterocycles. The summed E-state index contributed by atoms with van der Waals surface area (Å²) < 4.78 is 6.97. The summed E-state index contributed by atoms with van der Waals surface area (Å²) in [5, 5.41) is 6.79. The molecule has 2 aromatic heterocycles. The minimum absolute atomic E-state index is 0.102. The molecule has 2 amide bonds. The Morgan fingerprint density at radius 2 is 2.12 bits per heavy atom. The molecule has 0 aliphatic carbocycles. The van der Waals surface area contributed by atoms with E-state index in [2.05, 4.69) is 15.5 Å². The van der Waals surface area contributed by atoms with E-state index in [1.54, 1.807) is 17.6 Å². The molecule has 1 aliphatic rings. The minimum atomic E-state index is -0.183. The highest BCUT2D eigenvalue weighted by Gasteiger charge is 2.25. The molecular weight excluding hydrogens is 310 g/mol. The van der Waals surface area contributed by atoms with Gasteiger partial charge in [0, 0.05) is 39.2 Å². The smallest absolute Gasteiger partial charge is 0.268 e. The lowest BCUT2D eigenvalue weighted by molar-refractivity contribution is -0.129. The number of rotatable bonds is 4. The van der Waals surface area contributed by atoms with Gasteiger partial charge in [-0.05, 0) is 25.0 Å². The van der Waals surface area contributed by atoms with Gasteiger partial charge in [0.25, 0.3) is 5.91 Å². The van der Waals surface area contributed by atoms with Crippen molar-refractivity contribution in [3.05, 3.63) is 35.7 Å². The number of piperidine rings is 1. The zero-order chi connectivity index (χ0) is 17.1. The molecule has 1 fully saturated rings. The van der Waals surface area contributed by atoms with Crippen LogP contribution in [0.4, 0.5) is 0 Å². The monoisotopic (exact) mass is 331 g/mol. The maximum absolute atomic E-state index is 12.0. The number of nitrogens with one attached hydrogen (secondary N) is 1. The number of likely N-dealkylation sites (tertiary alicyclic amines) is 1. The summed E-state index contributed by atoms with van der Waals surface area (Å²) in [6.07, 6.45) is 3.47. The fraction of sp³-hybridized carbons (Fsp3) is 0.500. The van der Waals surface area contributed by atoms with Crippen LogP contribution in [0.2, 0.25) is 0 Å². The SMILES string of the molecule is CC(=O)N1CCC(c2noc(CNC(=O)c3cccn3C)n2)CC1. The second-order valence-corrected chi connectivity index (χ2v) is 6.01. The van der Waals surface area contributed by atoms with Gasteiger partial charge >= 0.3 is 0 Å². The van der Waals surface area contributed by atoms with Crippen molar-refractivity contribution in [2.45, 2.75) is 32.2 Å². The highest BCUT2D eigenvalue weighted by Crippen LogP contribution is 2.25. The van der Waals surface area contributed by atoms with Gasteiger partial charge in [0.05, 0.1) is 6.54 Å². The molecular formula is C16H21N5O3. The van der Waals surface area contributed by atoms with Gasteiger partial charge in [0.2, 0.25) is 11.8 Å². The normalized spacial score (nSPS) is 15.5. The summed E-state index contributed by atoms with van der Waals surface area (Å²) in [5.41, 5.74) is 0.575. The van der Waals surface area contributed by atoms with Gasteiger partial charge in [0.1, 0.15) is 5.69 Å². The summed E-state index contributed by atoms with van der Waals surface area (Å²) >= 11 is 0. The van der Waals surface area contributed by atoms with Crippen LogP contribution in [0.15, 0.2) is 22.9 Å². The summed E-state index contributed by atoms with van der Waals surface area (Å²) in [5.74, 6) is 1.16. The molecule has 0 spiro atoms. The Hall–Kier alpha value is -2.64. The van der Waals surface area contributed by atoms with E-state index in [-0.39, 0.29) is 24.3 Å². The third-order valence-corrected chi connectivity index (χ3v) is 4.37. The molecule has 0 aromatic carbocycles. The first-order valence-corrected chi connectivity index (χ1v) is 8.02. The van der Waals surface area contributed by atoms with Gasteiger partial charge < -0.3 is 19.3 Å². The average Bonchev–Trinajstić information content (AvgIpc) is 3.21. The van der Waals surface area contributed by atoms with Gasteiger partial charge in [-0.3, -0.25) is 9.59 Å². The van der Waals surface area contributed by atoms with Crippen LogP contribution >= 0.6 is 0 Å². The van der Waals surface area contributed by atoms with Crippen molar-refractivity contribution in [3.8, 4) is 0 Å². The highest BCUT2D eigenvalue weighted by atomic mass is 16.5. The summed E-state index contributed by atoms with van der Waals surface area (Å²) in [4.78, 5) is 29.6. The number of aryl methyl sites for hydroxylation is 1. The molecule has 0 unspecified atom stereocenters. The molecule has 24 heavy (non-hydrogen) atoms. The molecule has 1 aliphatic heterocycles. The lowest BCUT2D eigenvalue weighted by Crippen LogP contribution is -2.36. The second kappa shape index (κ2) is 6.86. The van der Waals surface area contributed by atoms with Crippen LogP contribution in [0, 0.1) is 0 Å². The Morgan fingerprint density at radius 3 is 2.75 bits per heavy atom. The Morgan fingerprint density at radius 1 is 1.38 bits per heavy atom. The number of nitrogens with zero attached hydrogens (tertiary/aromatic N) is 4. The first kappa shape index (κ1) is 16.2. The maximum atomic E-state index is 12.0. The van der Waals surface area contributed by atoms with E-state index in [9.17, 15) is 9.59 Å². The molecule has 128 valence electrons. The van der Waals surface area contributed by atoms with E-state index in [4.69, 9.17) is 4.52 Å². The first-order valence-electron chi connectivity index (χ1n) is 8.02. The predicted molar refractivity (Wildman–Crippen MR) is 85.1 cm³/mol. The Balaban J connectivity index is 1.54. The lowest BCUT2D eigenvalue weighted by Gasteiger charge is -2.29. The molecule has 0 bridgehead atoms. The Labute approximate surface area is 139 Å². The topological polar surface area (TPSA) is 93.3 Å². The molecule has 3 heterocycles. The van der Waals surface area contributed by atoms with E-state index < -0.39 is 0 Å². The van der Waals surface area contributed by atoms with Crippen molar-refractivity contribution in [1.29, 1.82) is 0 Å². The lowest BCUT2D eigenvalue weighted by atomic mass is 9.96. The maximum Gasteiger partial charge on any atom is 0.268 e. The first-order chi connectivity index (χ1) is 11.5. The molecule has 8 heteroatoms. The van der Waals surface area contributed by atoms with Gasteiger partial charge in [-0.2, -0.15) is 4.98 Å². The fourth-order valence-corrected chi connectivity index (χ4v) is 2.90. The second-order valence-electron chi connectivity index (χ2n) is 6.01. The predicted octanol–water partition coefficient (Wildman–Crippen LogP) is 1.06. The van der Waals surface area contributed by atoms with Crippen molar-refractivity contribution in [1.82, 2.24) is 24.9 Å². The van der Waals surface area contributed by atoms with Crippen LogP contribution < -0.4 is 5.32 Å². The van der Waals surface area contributed by atoms with Gasteiger partial charge in [0.15, 0.2) is 5.82 Å². The number of amides is 2.